The number of hydrogen-bond donors (Lipinski definition) is 4. The van der Waals surface area contributed by atoms with Crippen LogP contribution < -0.4 is 10.6 Å². The summed E-state index contributed by atoms with van der Waals surface area (Å²) in [5.41, 5.74) is -0.904. The molecule has 1 saturated heterocycles. The molecule has 25 heavy (non-hydrogen) atoms. The molecule has 2 aliphatic rings. The molecule has 0 bridgehead atoms. The molecule has 0 aromatic heterocycles. The average Bonchev–Trinajstić information content (AvgIpc) is 3.11. The maximum atomic E-state index is 12.2. The normalized spacial score (nSPS) is 28.3. The smallest absolute Gasteiger partial charge is 0.427 e. The van der Waals surface area contributed by atoms with Crippen LogP contribution in [0.15, 0.2) is 36.5 Å². The molecule has 4 N–H and O–H groups in total. The topological polar surface area (TPSA) is 108 Å². The van der Waals surface area contributed by atoms with Crippen molar-refractivity contribution in [2.24, 2.45) is 0 Å². The highest BCUT2D eigenvalue weighted by Gasteiger charge is 2.42. The molecule has 0 aromatic rings. The van der Waals surface area contributed by atoms with Crippen molar-refractivity contribution in [2.45, 2.75) is 43.6 Å². The average molecular weight is 348 g/mol. The summed E-state index contributed by atoms with van der Waals surface area (Å²) in [7, 11) is -1.60. The summed E-state index contributed by atoms with van der Waals surface area (Å²) in [5, 5.41) is 24.6. The molecule has 2 unspecified atom stereocenters. The maximum absolute atomic E-state index is 12.2. The van der Waals surface area contributed by atoms with Gasteiger partial charge in [-0.2, -0.15) is 0 Å². The summed E-state index contributed by atoms with van der Waals surface area (Å²) in [4.78, 5) is 24.0. The molecular weight excluding hydrogens is 323 g/mol. The van der Waals surface area contributed by atoms with Gasteiger partial charge in [0.15, 0.2) is 0 Å². The first kappa shape index (κ1) is 19.4. The standard InChI is InChI=1S/C17H25BN2O5/c1-2-17(10-4-3-7-14(17)18(23)24)20-16(22)9-8-15(21)19-12-13-6-5-11-25-13/h3-4,7-10,13-14,23-24H,2,5-6,11-12H2,1H3,(H,19,21)(H,20,22)/b9-8+/t13?,14?,17-/m0/s1. The van der Waals surface area contributed by atoms with Crippen molar-refractivity contribution in [3.05, 3.63) is 36.5 Å². The van der Waals surface area contributed by atoms with E-state index in [0.29, 0.717) is 13.0 Å². The van der Waals surface area contributed by atoms with Crippen LogP contribution in [0.4, 0.5) is 0 Å². The van der Waals surface area contributed by atoms with Gasteiger partial charge in [-0.1, -0.05) is 31.2 Å². The molecule has 1 heterocycles. The first-order chi connectivity index (χ1) is 12.0. The van der Waals surface area contributed by atoms with Gasteiger partial charge in [0, 0.05) is 31.1 Å². The highest BCUT2D eigenvalue weighted by Crippen LogP contribution is 2.33. The molecule has 0 radical (unpaired) electrons. The molecule has 1 fully saturated rings. The highest BCUT2D eigenvalue weighted by molar-refractivity contribution is 6.44. The van der Waals surface area contributed by atoms with E-state index in [4.69, 9.17) is 4.74 Å². The van der Waals surface area contributed by atoms with Gasteiger partial charge in [0.25, 0.3) is 0 Å². The number of ether oxygens (including phenoxy) is 1. The Hall–Kier alpha value is -1.90. The molecule has 7 nitrogen and oxygen atoms in total. The Balaban J connectivity index is 1.89. The molecule has 0 spiro atoms. The second kappa shape index (κ2) is 8.98. The number of hydrogen-bond acceptors (Lipinski definition) is 5. The summed E-state index contributed by atoms with van der Waals surface area (Å²) in [5.74, 6) is -1.50. The number of allylic oxidation sites excluding steroid dienone is 2. The predicted octanol–water partition coefficient (Wildman–Crippen LogP) is 0.0718. The van der Waals surface area contributed by atoms with Crippen LogP contribution in [0, 0.1) is 0 Å². The lowest BCUT2D eigenvalue weighted by molar-refractivity contribution is -0.119. The maximum Gasteiger partial charge on any atom is 0.461 e. The molecule has 3 atom stereocenters. The van der Waals surface area contributed by atoms with E-state index in [1.165, 1.54) is 6.08 Å². The summed E-state index contributed by atoms with van der Waals surface area (Å²) in [6.07, 6.45) is 11.6. The van der Waals surface area contributed by atoms with Gasteiger partial charge in [-0.05, 0) is 19.3 Å². The summed E-state index contributed by atoms with van der Waals surface area (Å²) >= 11 is 0. The Kier molecular flexibility index (Phi) is 6.98. The van der Waals surface area contributed by atoms with E-state index in [2.05, 4.69) is 10.6 Å². The van der Waals surface area contributed by atoms with Gasteiger partial charge >= 0.3 is 7.12 Å². The van der Waals surface area contributed by atoms with Crippen molar-refractivity contribution in [1.29, 1.82) is 0 Å². The first-order valence-corrected chi connectivity index (χ1v) is 8.58. The van der Waals surface area contributed by atoms with Crippen LogP contribution in [0.1, 0.15) is 26.2 Å². The van der Waals surface area contributed by atoms with Crippen LogP contribution in [0.25, 0.3) is 0 Å². The van der Waals surface area contributed by atoms with E-state index in [0.717, 1.165) is 25.5 Å². The fourth-order valence-corrected chi connectivity index (χ4v) is 3.13. The van der Waals surface area contributed by atoms with Crippen molar-refractivity contribution in [1.82, 2.24) is 10.6 Å². The van der Waals surface area contributed by atoms with Crippen LogP contribution in [-0.2, 0) is 14.3 Å². The van der Waals surface area contributed by atoms with Crippen molar-refractivity contribution in [2.75, 3.05) is 13.2 Å². The predicted molar refractivity (Wildman–Crippen MR) is 94.5 cm³/mol. The Morgan fingerprint density at radius 2 is 2.08 bits per heavy atom. The van der Waals surface area contributed by atoms with E-state index in [-0.39, 0.29) is 12.0 Å². The van der Waals surface area contributed by atoms with Gasteiger partial charge in [-0.3, -0.25) is 9.59 Å². The zero-order valence-electron chi connectivity index (χ0n) is 14.4. The largest absolute Gasteiger partial charge is 0.461 e. The Morgan fingerprint density at radius 1 is 1.32 bits per heavy atom. The van der Waals surface area contributed by atoms with Crippen LogP contribution in [0.3, 0.4) is 0 Å². The highest BCUT2D eigenvalue weighted by atomic mass is 16.5. The lowest BCUT2D eigenvalue weighted by Gasteiger charge is -2.38. The van der Waals surface area contributed by atoms with E-state index in [1.807, 2.05) is 6.92 Å². The van der Waals surface area contributed by atoms with Crippen LogP contribution >= 0.6 is 0 Å². The minimum atomic E-state index is -1.60. The number of rotatable bonds is 7. The second-order valence-corrected chi connectivity index (χ2v) is 6.28. The Morgan fingerprint density at radius 3 is 2.72 bits per heavy atom. The third-order valence-electron chi connectivity index (χ3n) is 4.59. The van der Waals surface area contributed by atoms with E-state index < -0.39 is 24.4 Å². The Labute approximate surface area is 148 Å². The first-order valence-electron chi connectivity index (χ1n) is 8.58. The third-order valence-corrected chi connectivity index (χ3v) is 4.59. The molecule has 1 aliphatic heterocycles. The third kappa shape index (κ3) is 5.29. The van der Waals surface area contributed by atoms with Gasteiger partial charge in [0.2, 0.25) is 11.8 Å². The molecule has 136 valence electrons. The lowest BCUT2D eigenvalue weighted by atomic mass is 9.59. The van der Waals surface area contributed by atoms with Crippen molar-refractivity contribution in [3.63, 3.8) is 0 Å². The fraction of sp³-hybridized carbons (Fsp3) is 0.529. The van der Waals surface area contributed by atoms with Gasteiger partial charge in [0.1, 0.15) is 0 Å². The summed E-state index contributed by atoms with van der Waals surface area (Å²) < 4.78 is 5.41. The molecule has 2 amide bonds. The van der Waals surface area contributed by atoms with Crippen molar-refractivity contribution in [3.8, 4) is 0 Å². The SMILES string of the molecule is CC[C@]1(NC(=O)/C=C/C(=O)NCC2CCCO2)C=CC=CC1B(O)O. The minimum Gasteiger partial charge on any atom is -0.427 e. The van der Waals surface area contributed by atoms with Gasteiger partial charge < -0.3 is 25.4 Å². The summed E-state index contributed by atoms with van der Waals surface area (Å²) in [6.45, 7) is 2.99. The number of carbonyl (C=O) groups is 2. The number of carbonyl (C=O) groups excluding carboxylic acids is 2. The second-order valence-electron chi connectivity index (χ2n) is 6.28. The Bertz CT molecular complexity index is 569. The van der Waals surface area contributed by atoms with Gasteiger partial charge in [-0.15, -0.1) is 0 Å². The molecular formula is C17H25BN2O5. The van der Waals surface area contributed by atoms with Crippen LogP contribution in [0.2, 0.25) is 5.82 Å². The number of nitrogens with one attached hydrogen (secondary N) is 2. The van der Waals surface area contributed by atoms with Gasteiger partial charge in [-0.25, -0.2) is 0 Å². The van der Waals surface area contributed by atoms with Crippen molar-refractivity contribution >= 4 is 18.9 Å². The molecule has 0 saturated carbocycles. The van der Waals surface area contributed by atoms with Gasteiger partial charge in [0.05, 0.1) is 11.6 Å². The monoisotopic (exact) mass is 348 g/mol. The van der Waals surface area contributed by atoms with Crippen LogP contribution in [0.5, 0.6) is 0 Å². The molecule has 2 rings (SSSR count). The zero-order valence-corrected chi connectivity index (χ0v) is 14.4. The van der Waals surface area contributed by atoms with Crippen LogP contribution in [-0.4, -0.2) is 53.8 Å². The zero-order chi connectivity index (χ0) is 18.3. The lowest BCUT2D eigenvalue weighted by Crippen LogP contribution is -2.53. The number of amides is 2. The van der Waals surface area contributed by atoms with E-state index in [9.17, 15) is 19.6 Å². The fourth-order valence-electron chi connectivity index (χ4n) is 3.13. The van der Waals surface area contributed by atoms with E-state index >= 15 is 0 Å². The molecule has 8 heteroatoms. The molecule has 0 aromatic carbocycles. The quantitative estimate of drug-likeness (QED) is 0.385. The van der Waals surface area contributed by atoms with E-state index in [1.54, 1.807) is 24.3 Å². The van der Waals surface area contributed by atoms with Crippen molar-refractivity contribution < 1.29 is 24.4 Å². The molecule has 1 aliphatic carbocycles. The summed E-state index contributed by atoms with van der Waals surface area (Å²) in [6, 6.07) is 0. The minimum absolute atomic E-state index is 0.0421.